The topological polar surface area (TPSA) is 142 Å². The Balaban J connectivity index is 1.86. The normalized spacial score (nSPS) is 10.0. The largest absolute Gasteiger partial charge is 0.478 e. The molecule has 0 bridgehead atoms. The van der Waals surface area contributed by atoms with Gasteiger partial charge in [-0.25, -0.2) is 4.79 Å². The second kappa shape index (κ2) is 9.67. The Labute approximate surface area is 158 Å². The molecule has 0 aliphatic rings. The second-order valence-electron chi connectivity index (χ2n) is 5.39. The minimum Gasteiger partial charge on any atom is -0.478 e. The van der Waals surface area contributed by atoms with Crippen molar-refractivity contribution in [3.05, 3.63) is 69.8 Å². The molecular weight excluding hydrogens is 374 g/mol. The third-order valence-corrected chi connectivity index (χ3v) is 3.34. The van der Waals surface area contributed by atoms with Crippen LogP contribution < -0.4 is 9.47 Å². The molecule has 0 saturated carbocycles. The van der Waals surface area contributed by atoms with Gasteiger partial charge in [0.25, 0.3) is 5.09 Å². The van der Waals surface area contributed by atoms with Crippen molar-refractivity contribution in [3.63, 3.8) is 0 Å². The Morgan fingerprint density at radius 1 is 0.964 bits per heavy atom. The molecule has 0 fully saturated rings. The number of carbonyl (C=O) groups excluding carboxylic acids is 2. The summed E-state index contributed by atoms with van der Waals surface area (Å²) in [6.07, 6.45) is -0.624. The van der Waals surface area contributed by atoms with Crippen molar-refractivity contribution in [2.75, 3.05) is 0 Å². The first-order valence-corrected chi connectivity index (χ1v) is 7.95. The summed E-state index contributed by atoms with van der Waals surface area (Å²) in [6.45, 7) is -0.298. The average Bonchev–Trinajstić information content (AvgIpc) is 2.65. The van der Waals surface area contributed by atoms with E-state index in [4.69, 9.17) is 14.6 Å². The number of nitrogens with zero attached hydrogens (tertiary/aromatic N) is 1. The van der Waals surface area contributed by atoms with E-state index < -0.39 is 23.0 Å². The Morgan fingerprint density at radius 3 is 2.32 bits per heavy atom. The van der Waals surface area contributed by atoms with E-state index in [0.29, 0.717) is 5.56 Å². The quantitative estimate of drug-likeness (QED) is 0.296. The smallest absolute Gasteiger partial charge is 0.339 e. The Hall–Kier alpha value is -3.95. The van der Waals surface area contributed by atoms with E-state index in [1.807, 2.05) is 0 Å². The van der Waals surface area contributed by atoms with Crippen molar-refractivity contribution in [3.8, 4) is 11.5 Å². The lowest BCUT2D eigenvalue weighted by Gasteiger charge is -2.08. The summed E-state index contributed by atoms with van der Waals surface area (Å²) in [5, 5.41) is 18.3. The fraction of sp³-hybridized carbons (Fsp3) is 0.167. The standard InChI is InChI=1S/C18H15NO9/c20-16(27-13-5-3-4-12(10-13)11-26-19(24)25)8-9-17(21)28-15-7-2-1-6-14(15)18(22)23/h1-7,10H,8-9,11H2,(H,22,23). The minimum absolute atomic E-state index is 0.119. The van der Waals surface area contributed by atoms with Crippen LogP contribution in [0, 0.1) is 10.1 Å². The molecule has 0 aromatic heterocycles. The summed E-state index contributed by atoms with van der Waals surface area (Å²) in [4.78, 5) is 49.2. The lowest BCUT2D eigenvalue weighted by atomic mass is 10.2. The number of hydrogen-bond acceptors (Lipinski definition) is 8. The van der Waals surface area contributed by atoms with E-state index >= 15 is 0 Å². The molecule has 0 aliphatic carbocycles. The summed E-state index contributed by atoms with van der Waals surface area (Å²) in [7, 11) is 0. The fourth-order valence-corrected chi connectivity index (χ4v) is 2.12. The van der Waals surface area contributed by atoms with Crippen LogP contribution in [0.2, 0.25) is 0 Å². The van der Waals surface area contributed by atoms with E-state index in [2.05, 4.69) is 4.84 Å². The van der Waals surface area contributed by atoms with Crippen LogP contribution in [-0.4, -0.2) is 28.1 Å². The lowest BCUT2D eigenvalue weighted by molar-refractivity contribution is -0.763. The van der Waals surface area contributed by atoms with Crippen LogP contribution in [0.15, 0.2) is 48.5 Å². The van der Waals surface area contributed by atoms with Gasteiger partial charge in [-0.05, 0) is 29.8 Å². The molecule has 1 N–H and O–H groups in total. The summed E-state index contributed by atoms with van der Waals surface area (Å²) < 4.78 is 10.0. The fourth-order valence-electron chi connectivity index (χ4n) is 2.12. The van der Waals surface area contributed by atoms with Gasteiger partial charge in [0.2, 0.25) is 0 Å². The molecule has 28 heavy (non-hydrogen) atoms. The van der Waals surface area contributed by atoms with Crippen LogP contribution >= 0.6 is 0 Å². The number of hydrogen-bond donors (Lipinski definition) is 1. The molecular formula is C18H15NO9. The van der Waals surface area contributed by atoms with Crippen molar-refractivity contribution < 1.29 is 38.9 Å². The van der Waals surface area contributed by atoms with Crippen LogP contribution in [0.25, 0.3) is 0 Å². The molecule has 0 atom stereocenters. The van der Waals surface area contributed by atoms with Crippen LogP contribution in [0.4, 0.5) is 0 Å². The summed E-state index contributed by atoms with van der Waals surface area (Å²) in [5.41, 5.74) is 0.249. The Morgan fingerprint density at radius 2 is 1.64 bits per heavy atom. The monoisotopic (exact) mass is 389 g/mol. The highest BCUT2D eigenvalue weighted by molar-refractivity contribution is 5.92. The molecule has 0 amide bonds. The summed E-state index contributed by atoms with van der Waals surface area (Å²) in [6, 6.07) is 11.6. The first-order valence-electron chi connectivity index (χ1n) is 7.95. The van der Waals surface area contributed by atoms with E-state index in [9.17, 15) is 24.5 Å². The van der Waals surface area contributed by atoms with Gasteiger partial charge >= 0.3 is 17.9 Å². The van der Waals surface area contributed by atoms with Gasteiger partial charge < -0.3 is 19.4 Å². The van der Waals surface area contributed by atoms with Crippen molar-refractivity contribution in [2.24, 2.45) is 0 Å². The summed E-state index contributed by atoms with van der Waals surface area (Å²) in [5.74, 6) is -2.75. The average molecular weight is 389 g/mol. The van der Waals surface area contributed by atoms with Gasteiger partial charge in [-0.15, -0.1) is 10.1 Å². The number of carboxylic acids is 1. The highest BCUT2D eigenvalue weighted by atomic mass is 16.9. The third-order valence-electron chi connectivity index (χ3n) is 3.34. The second-order valence-corrected chi connectivity index (χ2v) is 5.39. The number of ether oxygens (including phenoxy) is 2. The highest BCUT2D eigenvalue weighted by Crippen LogP contribution is 2.19. The molecule has 2 aromatic carbocycles. The van der Waals surface area contributed by atoms with Gasteiger partial charge in [-0.1, -0.05) is 24.3 Å². The molecule has 0 heterocycles. The zero-order valence-electron chi connectivity index (χ0n) is 14.4. The van der Waals surface area contributed by atoms with Crippen molar-refractivity contribution in [1.82, 2.24) is 0 Å². The van der Waals surface area contributed by atoms with E-state index in [0.717, 1.165) is 0 Å². The molecule has 0 radical (unpaired) electrons. The number of carboxylic acid groups (broad SMARTS) is 1. The maximum Gasteiger partial charge on any atom is 0.339 e. The van der Waals surface area contributed by atoms with Crippen molar-refractivity contribution in [2.45, 2.75) is 19.4 Å². The molecule has 2 rings (SSSR count). The zero-order chi connectivity index (χ0) is 20.5. The van der Waals surface area contributed by atoms with Crippen LogP contribution in [0.5, 0.6) is 11.5 Å². The van der Waals surface area contributed by atoms with Gasteiger partial charge in [0.05, 0.1) is 12.8 Å². The highest BCUT2D eigenvalue weighted by Gasteiger charge is 2.15. The van der Waals surface area contributed by atoms with Crippen molar-refractivity contribution >= 4 is 17.9 Å². The maximum atomic E-state index is 11.9. The van der Waals surface area contributed by atoms with Crippen molar-refractivity contribution in [1.29, 1.82) is 0 Å². The van der Waals surface area contributed by atoms with E-state index in [-0.39, 0.29) is 36.5 Å². The predicted octanol–water partition coefficient (Wildman–Crippen LogP) is 2.38. The number of esters is 2. The first kappa shape index (κ1) is 20.4. The lowest BCUT2D eigenvalue weighted by Crippen LogP contribution is -2.15. The van der Waals surface area contributed by atoms with E-state index in [1.165, 1.54) is 42.5 Å². The number of benzene rings is 2. The van der Waals surface area contributed by atoms with Gasteiger partial charge in [0.15, 0.2) is 0 Å². The molecule has 10 heteroatoms. The molecule has 146 valence electrons. The Bertz CT molecular complexity index is 894. The minimum atomic E-state index is -1.25. The number of rotatable bonds is 9. The third kappa shape index (κ3) is 6.41. The SMILES string of the molecule is O=C(CCC(=O)Oc1ccccc1C(=O)O)Oc1cccc(CO[N+](=O)[O-])c1. The molecule has 0 unspecified atom stereocenters. The molecule has 0 aliphatic heterocycles. The maximum absolute atomic E-state index is 11.9. The van der Waals surface area contributed by atoms with Gasteiger partial charge in [-0.2, -0.15) is 0 Å². The number of carbonyl (C=O) groups is 3. The van der Waals surface area contributed by atoms with Gasteiger partial charge in [0, 0.05) is 0 Å². The molecule has 10 nitrogen and oxygen atoms in total. The zero-order valence-corrected chi connectivity index (χ0v) is 14.4. The van der Waals surface area contributed by atoms with Crippen LogP contribution in [0.1, 0.15) is 28.8 Å². The Kier molecular flexibility index (Phi) is 7.03. The van der Waals surface area contributed by atoms with Crippen LogP contribution in [0.3, 0.4) is 0 Å². The molecule has 2 aromatic rings. The molecule has 0 saturated heterocycles. The number of para-hydroxylation sites is 1. The molecule has 0 spiro atoms. The number of aromatic carboxylic acids is 1. The van der Waals surface area contributed by atoms with Gasteiger partial charge in [-0.3, -0.25) is 9.59 Å². The van der Waals surface area contributed by atoms with Gasteiger partial charge in [0.1, 0.15) is 23.7 Å². The predicted molar refractivity (Wildman–Crippen MR) is 92.1 cm³/mol. The summed E-state index contributed by atoms with van der Waals surface area (Å²) >= 11 is 0. The first-order chi connectivity index (χ1) is 13.3. The van der Waals surface area contributed by atoms with E-state index in [1.54, 1.807) is 6.07 Å². The van der Waals surface area contributed by atoms with Crippen LogP contribution in [-0.2, 0) is 21.0 Å².